The predicted octanol–water partition coefficient (Wildman–Crippen LogP) is 4.80. The Labute approximate surface area is 112 Å². The molecule has 0 aliphatic rings. The maximum Gasteiger partial charge on any atom is 0.0938 e. The van der Waals surface area contributed by atoms with E-state index in [-0.39, 0.29) is 0 Å². The Bertz CT molecular complexity index is 525. The lowest BCUT2D eigenvalue weighted by atomic mass is 10.2. The number of aryl methyl sites for hydroxylation is 1. The second kappa shape index (κ2) is 4.65. The van der Waals surface area contributed by atoms with Gasteiger partial charge in [0.15, 0.2) is 0 Å². The molecule has 0 atom stereocenters. The van der Waals surface area contributed by atoms with Crippen LogP contribution in [0.4, 0.5) is 16.4 Å². The van der Waals surface area contributed by atoms with Crippen molar-refractivity contribution in [2.75, 3.05) is 11.1 Å². The summed E-state index contributed by atoms with van der Waals surface area (Å²) in [6.07, 6.45) is 0. The fourth-order valence-electron chi connectivity index (χ4n) is 1.32. The molecule has 3 N–H and O–H groups in total. The predicted molar refractivity (Wildman–Crippen MR) is 75.9 cm³/mol. The van der Waals surface area contributed by atoms with Crippen molar-refractivity contribution in [2.24, 2.45) is 0 Å². The number of benzene rings is 1. The second-order valence-corrected chi connectivity index (χ2v) is 6.29. The van der Waals surface area contributed by atoms with Gasteiger partial charge in [-0.3, -0.25) is 0 Å². The van der Waals surface area contributed by atoms with Crippen molar-refractivity contribution in [1.29, 1.82) is 0 Å². The van der Waals surface area contributed by atoms with Gasteiger partial charge in [0.2, 0.25) is 0 Å². The largest absolute Gasteiger partial charge is 0.397 e. The Morgan fingerprint density at radius 1 is 1.38 bits per heavy atom. The summed E-state index contributed by atoms with van der Waals surface area (Å²) in [6.45, 7) is 1.96. The second-order valence-electron chi connectivity index (χ2n) is 3.42. The summed E-state index contributed by atoms with van der Waals surface area (Å²) < 4.78 is 1.08. The zero-order valence-corrected chi connectivity index (χ0v) is 11.7. The van der Waals surface area contributed by atoms with Gasteiger partial charge in [-0.2, -0.15) is 0 Å². The molecular formula is C11H10BrClN2S. The van der Waals surface area contributed by atoms with Crippen molar-refractivity contribution >= 4 is 55.2 Å². The minimum atomic E-state index is 0.653. The molecule has 84 valence electrons. The van der Waals surface area contributed by atoms with Gasteiger partial charge in [0.1, 0.15) is 0 Å². The molecular weight excluding hydrogens is 308 g/mol. The van der Waals surface area contributed by atoms with Crippen LogP contribution in [0.15, 0.2) is 28.1 Å². The first kappa shape index (κ1) is 11.8. The molecule has 0 saturated carbocycles. The molecule has 0 saturated heterocycles. The third-order valence-electron chi connectivity index (χ3n) is 2.16. The zero-order valence-electron chi connectivity index (χ0n) is 8.55. The van der Waals surface area contributed by atoms with E-state index in [0.717, 1.165) is 20.0 Å². The van der Waals surface area contributed by atoms with Crippen molar-refractivity contribution in [3.63, 3.8) is 0 Å². The number of rotatable bonds is 2. The first-order valence-corrected chi connectivity index (χ1v) is 6.63. The van der Waals surface area contributed by atoms with Gasteiger partial charge in [-0.1, -0.05) is 11.6 Å². The van der Waals surface area contributed by atoms with Crippen LogP contribution >= 0.6 is 38.9 Å². The summed E-state index contributed by atoms with van der Waals surface area (Å²) in [5, 5.41) is 5.00. The van der Waals surface area contributed by atoms with Crippen molar-refractivity contribution in [2.45, 2.75) is 6.92 Å². The average Bonchev–Trinajstić information content (AvgIpc) is 2.60. The molecule has 0 aliphatic heterocycles. The van der Waals surface area contributed by atoms with Gasteiger partial charge >= 0.3 is 0 Å². The minimum absolute atomic E-state index is 0.653. The number of hydrogen-bond donors (Lipinski definition) is 2. The quantitative estimate of drug-likeness (QED) is 0.781. The number of halogens is 2. The van der Waals surface area contributed by atoms with Crippen LogP contribution in [0.1, 0.15) is 5.56 Å². The van der Waals surface area contributed by atoms with Crippen LogP contribution in [0.2, 0.25) is 5.02 Å². The fraction of sp³-hybridized carbons (Fsp3) is 0.0909. The summed E-state index contributed by atoms with van der Waals surface area (Å²) in [7, 11) is 0. The van der Waals surface area contributed by atoms with Gasteiger partial charge in [0.25, 0.3) is 0 Å². The lowest BCUT2D eigenvalue weighted by Gasteiger charge is -2.09. The Hall–Kier alpha value is -0.710. The molecule has 0 bridgehead atoms. The van der Waals surface area contributed by atoms with Crippen LogP contribution < -0.4 is 11.1 Å². The maximum absolute atomic E-state index is 5.98. The normalized spacial score (nSPS) is 10.4. The molecule has 0 radical (unpaired) electrons. The summed E-state index contributed by atoms with van der Waals surface area (Å²) in [4.78, 5) is 0. The monoisotopic (exact) mass is 316 g/mol. The van der Waals surface area contributed by atoms with E-state index in [9.17, 15) is 0 Å². The smallest absolute Gasteiger partial charge is 0.0938 e. The van der Waals surface area contributed by atoms with Crippen molar-refractivity contribution in [3.05, 3.63) is 38.6 Å². The fourth-order valence-corrected chi connectivity index (χ4v) is 2.79. The standard InChI is InChI=1S/C11H10BrClN2S/c1-6-4-9(8(14)5-7(6)13)15-11-3-2-10(12)16-11/h2-5,15H,14H2,1H3. The Kier molecular flexibility index (Phi) is 3.42. The number of nitrogen functional groups attached to an aromatic ring is 1. The SMILES string of the molecule is Cc1cc(Nc2ccc(Br)s2)c(N)cc1Cl. The molecule has 1 heterocycles. The number of nitrogens with one attached hydrogen (secondary N) is 1. The van der Waals surface area contributed by atoms with E-state index in [1.807, 2.05) is 25.1 Å². The highest BCUT2D eigenvalue weighted by molar-refractivity contribution is 9.11. The summed E-state index contributed by atoms with van der Waals surface area (Å²) >= 11 is 11.0. The number of hydrogen-bond acceptors (Lipinski definition) is 3. The van der Waals surface area contributed by atoms with Crippen molar-refractivity contribution in [1.82, 2.24) is 0 Å². The first-order chi connectivity index (χ1) is 7.56. The first-order valence-electron chi connectivity index (χ1n) is 4.64. The Morgan fingerprint density at radius 3 is 2.75 bits per heavy atom. The molecule has 2 nitrogen and oxygen atoms in total. The highest BCUT2D eigenvalue weighted by Gasteiger charge is 2.05. The summed E-state index contributed by atoms with van der Waals surface area (Å²) in [6, 6.07) is 7.71. The van der Waals surface area contributed by atoms with E-state index in [1.54, 1.807) is 17.4 Å². The van der Waals surface area contributed by atoms with Gasteiger partial charge in [-0.25, -0.2) is 0 Å². The molecule has 1 aromatic carbocycles. The maximum atomic E-state index is 5.98. The molecule has 2 aromatic rings. The van der Waals surface area contributed by atoms with E-state index in [0.29, 0.717) is 10.7 Å². The molecule has 0 aliphatic carbocycles. The zero-order chi connectivity index (χ0) is 11.7. The van der Waals surface area contributed by atoms with Crippen LogP contribution in [0, 0.1) is 6.92 Å². The molecule has 1 aromatic heterocycles. The Balaban J connectivity index is 2.31. The van der Waals surface area contributed by atoms with E-state index >= 15 is 0 Å². The highest BCUT2D eigenvalue weighted by atomic mass is 79.9. The van der Waals surface area contributed by atoms with Crippen LogP contribution in [0.25, 0.3) is 0 Å². The van der Waals surface area contributed by atoms with Gasteiger partial charge in [0, 0.05) is 5.02 Å². The van der Waals surface area contributed by atoms with Crippen LogP contribution in [-0.2, 0) is 0 Å². The van der Waals surface area contributed by atoms with Crippen molar-refractivity contribution < 1.29 is 0 Å². The molecule has 5 heteroatoms. The van der Waals surface area contributed by atoms with Gasteiger partial charge in [0.05, 0.1) is 20.2 Å². The minimum Gasteiger partial charge on any atom is -0.397 e. The van der Waals surface area contributed by atoms with Crippen LogP contribution in [0.3, 0.4) is 0 Å². The number of anilines is 3. The van der Waals surface area contributed by atoms with E-state index in [4.69, 9.17) is 17.3 Å². The third-order valence-corrected chi connectivity index (χ3v) is 4.11. The average molecular weight is 318 g/mol. The lowest BCUT2D eigenvalue weighted by Crippen LogP contribution is -1.95. The number of thiophene rings is 1. The molecule has 0 spiro atoms. The summed E-state index contributed by atoms with van der Waals surface area (Å²) in [5.41, 5.74) is 8.44. The molecule has 0 fully saturated rings. The molecule has 2 rings (SSSR count). The topological polar surface area (TPSA) is 38.0 Å². The summed E-state index contributed by atoms with van der Waals surface area (Å²) in [5.74, 6) is 0. The molecule has 16 heavy (non-hydrogen) atoms. The number of nitrogens with two attached hydrogens (primary N) is 1. The van der Waals surface area contributed by atoms with E-state index in [2.05, 4.69) is 21.2 Å². The highest BCUT2D eigenvalue weighted by Crippen LogP contribution is 2.33. The van der Waals surface area contributed by atoms with E-state index < -0.39 is 0 Å². The van der Waals surface area contributed by atoms with E-state index in [1.165, 1.54) is 0 Å². The Morgan fingerprint density at radius 2 is 2.12 bits per heavy atom. The third kappa shape index (κ3) is 2.51. The van der Waals surface area contributed by atoms with Crippen LogP contribution in [-0.4, -0.2) is 0 Å². The van der Waals surface area contributed by atoms with Gasteiger partial charge in [-0.05, 0) is 52.7 Å². The van der Waals surface area contributed by atoms with Crippen molar-refractivity contribution in [3.8, 4) is 0 Å². The molecule has 0 unspecified atom stereocenters. The lowest BCUT2D eigenvalue weighted by molar-refractivity contribution is 1.46. The van der Waals surface area contributed by atoms with Gasteiger partial charge < -0.3 is 11.1 Å². The van der Waals surface area contributed by atoms with Crippen LogP contribution in [0.5, 0.6) is 0 Å². The van der Waals surface area contributed by atoms with Gasteiger partial charge in [-0.15, -0.1) is 11.3 Å². The molecule has 0 amide bonds.